The first-order valence-corrected chi connectivity index (χ1v) is 9.83. The molecule has 0 fully saturated rings. The Morgan fingerprint density at radius 2 is 1.92 bits per heavy atom. The van der Waals surface area contributed by atoms with E-state index in [9.17, 15) is 8.42 Å². The van der Waals surface area contributed by atoms with Crippen molar-refractivity contribution in [3.63, 3.8) is 0 Å². The van der Waals surface area contributed by atoms with Crippen LogP contribution in [0.3, 0.4) is 0 Å². The number of aromatic nitrogens is 1. The molecule has 0 aliphatic rings. The fourth-order valence-electron chi connectivity index (χ4n) is 2.37. The molecule has 0 aliphatic carbocycles. The summed E-state index contributed by atoms with van der Waals surface area (Å²) in [6.45, 7) is 4.24. The van der Waals surface area contributed by atoms with Gasteiger partial charge in [0.05, 0.1) is 12.2 Å². The summed E-state index contributed by atoms with van der Waals surface area (Å²) in [7, 11) is -3.61. The highest BCUT2D eigenvalue weighted by molar-refractivity contribution is 7.94. The second kappa shape index (κ2) is 6.75. The molecule has 3 aromatic rings. The van der Waals surface area contributed by atoms with E-state index in [1.165, 1.54) is 15.6 Å². The van der Waals surface area contributed by atoms with Crippen LogP contribution in [-0.4, -0.2) is 13.4 Å². The lowest BCUT2D eigenvalue weighted by molar-refractivity contribution is 0.592. The van der Waals surface area contributed by atoms with E-state index in [0.29, 0.717) is 9.90 Å². The van der Waals surface area contributed by atoms with Gasteiger partial charge in [-0.3, -0.25) is 9.29 Å². The van der Waals surface area contributed by atoms with Crippen LogP contribution in [0, 0.1) is 13.8 Å². The molecule has 0 N–H and O–H groups in total. The van der Waals surface area contributed by atoms with Crippen LogP contribution in [0.15, 0.2) is 64.4 Å². The van der Waals surface area contributed by atoms with Crippen molar-refractivity contribution >= 4 is 27.0 Å². The standard InChI is InChI=1S/C18H18N2O2S2/c1-14-7-8-17(11-15(14)2)20(13-16-5-3-9-19-12-16)24(21,22)18-6-4-10-23-18/h3-12H,13H2,1-2H3. The third-order valence-electron chi connectivity index (χ3n) is 3.87. The van der Waals surface area contributed by atoms with Gasteiger partial charge in [-0.2, -0.15) is 0 Å². The van der Waals surface area contributed by atoms with Crippen LogP contribution in [0.5, 0.6) is 0 Å². The van der Waals surface area contributed by atoms with Gasteiger partial charge in [0.25, 0.3) is 10.0 Å². The Bertz CT molecular complexity index is 921. The maximum absolute atomic E-state index is 13.1. The summed E-state index contributed by atoms with van der Waals surface area (Å²) >= 11 is 1.23. The van der Waals surface area contributed by atoms with Crippen molar-refractivity contribution < 1.29 is 8.42 Å². The number of nitrogens with zero attached hydrogens (tertiary/aromatic N) is 2. The van der Waals surface area contributed by atoms with Gasteiger partial charge in [-0.15, -0.1) is 11.3 Å². The minimum atomic E-state index is -3.61. The molecule has 0 unspecified atom stereocenters. The molecule has 0 amide bonds. The van der Waals surface area contributed by atoms with Crippen LogP contribution in [-0.2, 0) is 16.6 Å². The Labute approximate surface area is 146 Å². The van der Waals surface area contributed by atoms with Crippen LogP contribution in [0.1, 0.15) is 16.7 Å². The molecular formula is C18H18N2O2S2. The first-order chi connectivity index (χ1) is 11.5. The molecule has 0 spiro atoms. The highest BCUT2D eigenvalue weighted by Gasteiger charge is 2.26. The van der Waals surface area contributed by atoms with Crippen LogP contribution in [0.25, 0.3) is 0 Å². The summed E-state index contributed by atoms with van der Waals surface area (Å²) < 4.78 is 28.0. The Balaban J connectivity index is 2.08. The van der Waals surface area contributed by atoms with Crippen molar-refractivity contribution in [3.05, 3.63) is 76.9 Å². The topological polar surface area (TPSA) is 50.3 Å². The quantitative estimate of drug-likeness (QED) is 0.688. The van der Waals surface area contributed by atoms with Crippen molar-refractivity contribution in [2.45, 2.75) is 24.6 Å². The van der Waals surface area contributed by atoms with Crippen molar-refractivity contribution in [3.8, 4) is 0 Å². The largest absolute Gasteiger partial charge is 0.274 e. The molecule has 2 heterocycles. The Hall–Kier alpha value is -2.18. The van der Waals surface area contributed by atoms with Crippen molar-refractivity contribution in [1.29, 1.82) is 0 Å². The predicted octanol–water partition coefficient (Wildman–Crippen LogP) is 4.16. The fourth-order valence-corrected chi connectivity index (χ4v) is 4.92. The molecule has 0 radical (unpaired) electrons. The first kappa shape index (κ1) is 16.7. The van der Waals surface area contributed by atoms with Gasteiger partial charge in [-0.25, -0.2) is 8.42 Å². The van der Waals surface area contributed by atoms with Crippen LogP contribution < -0.4 is 4.31 Å². The van der Waals surface area contributed by atoms with Gasteiger partial charge < -0.3 is 0 Å². The molecule has 6 heteroatoms. The van der Waals surface area contributed by atoms with Crippen molar-refractivity contribution in [2.75, 3.05) is 4.31 Å². The molecular weight excluding hydrogens is 340 g/mol. The Morgan fingerprint density at radius 3 is 2.54 bits per heavy atom. The lowest BCUT2D eigenvalue weighted by atomic mass is 10.1. The predicted molar refractivity (Wildman–Crippen MR) is 97.8 cm³/mol. The Morgan fingerprint density at radius 1 is 1.08 bits per heavy atom. The third-order valence-corrected chi connectivity index (χ3v) is 7.01. The number of anilines is 1. The second-order valence-electron chi connectivity index (χ2n) is 5.57. The summed E-state index contributed by atoms with van der Waals surface area (Å²) in [4.78, 5) is 4.09. The molecule has 3 rings (SSSR count). The molecule has 124 valence electrons. The summed E-state index contributed by atoms with van der Waals surface area (Å²) in [6, 6.07) is 12.8. The number of aryl methyl sites for hydroxylation is 2. The highest BCUT2D eigenvalue weighted by atomic mass is 32.2. The van der Waals surface area contributed by atoms with Gasteiger partial charge in [-0.05, 0) is 60.2 Å². The first-order valence-electron chi connectivity index (χ1n) is 7.51. The van der Waals surface area contributed by atoms with Gasteiger partial charge in [0.2, 0.25) is 0 Å². The molecule has 0 saturated heterocycles. The minimum Gasteiger partial charge on any atom is -0.264 e. The van der Waals surface area contributed by atoms with E-state index >= 15 is 0 Å². The molecule has 2 aromatic heterocycles. The molecule has 24 heavy (non-hydrogen) atoms. The second-order valence-corrected chi connectivity index (χ2v) is 8.61. The molecule has 4 nitrogen and oxygen atoms in total. The number of sulfonamides is 1. The van der Waals surface area contributed by atoms with Gasteiger partial charge in [0, 0.05) is 12.4 Å². The van der Waals surface area contributed by atoms with Gasteiger partial charge >= 0.3 is 0 Å². The summed E-state index contributed by atoms with van der Waals surface area (Å²) in [5, 5.41) is 1.77. The zero-order valence-electron chi connectivity index (χ0n) is 13.5. The normalized spacial score (nSPS) is 11.4. The average Bonchev–Trinajstić information content (AvgIpc) is 3.11. The number of pyridine rings is 1. The maximum atomic E-state index is 13.1. The zero-order chi connectivity index (χ0) is 17.2. The smallest absolute Gasteiger partial charge is 0.264 e. The molecule has 0 atom stereocenters. The van der Waals surface area contributed by atoms with Gasteiger partial charge in [0.15, 0.2) is 0 Å². The lowest BCUT2D eigenvalue weighted by Crippen LogP contribution is -2.30. The van der Waals surface area contributed by atoms with E-state index in [1.54, 1.807) is 29.9 Å². The fraction of sp³-hybridized carbons (Fsp3) is 0.167. The van der Waals surface area contributed by atoms with Gasteiger partial charge in [-0.1, -0.05) is 18.2 Å². The average molecular weight is 358 g/mol. The minimum absolute atomic E-state index is 0.247. The number of benzene rings is 1. The van der Waals surface area contributed by atoms with E-state index in [0.717, 1.165) is 16.7 Å². The maximum Gasteiger partial charge on any atom is 0.274 e. The molecule has 1 aromatic carbocycles. The number of rotatable bonds is 5. The third kappa shape index (κ3) is 3.34. The van der Waals surface area contributed by atoms with Crippen LogP contribution in [0.4, 0.5) is 5.69 Å². The number of hydrogen-bond acceptors (Lipinski definition) is 4. The Kier molecular flexibility index (Phi) is 4.69. The monoisotopic (exact) mass is 358 g/mol. The molecule has 0 bridgehead atoms. The van der Waals surface area contributed by atoms with Crippen LogP contribution in [0.2, 0.25) is 0 Å². The number of hydrogen-bond donors (Lipinski definition) is 0. The zero-order valence-corrected chi connectivity index (χ0v) is 15.1. The number of thiophene rings is 1. The van der Waals surface area contributed by atoms with E-state index in [1.807, 2.05) is 44.2 Å². The van der Waals surface area contributed by atoms with E-state index < -0.39 is 10.0 Å². The summed E-state index contributed by atoms with van der Waals surface area (Å²) in [5.74, 6) is 0. The SMILES string of the molecule is Cc1ccc(N(Cc2cccnc2)S(=O)(=O)c2cccs2)cc1C. The summed E-state index contributed by atoms with van der Waals surface area (Å²) in [5.41, 5.74) is 3.70. The van der Waals surface area contributed by atoms with Crippen molar-refractivity contribution in [1.82, 2.24) is 4.98 Å². The van der Waals surface area contributed by atoms with E-state index in [2.05, 4.69) is 4.98 Å². The van der Waals surface area contributed by atoms with E-state index in [-0.39, 0.29) is 6.54 Å². The highest BCUT2D eigenvalue weighted by Crippen LogP contribution is 2.29. The molecule has 0 saturated carbocycles. The van der Waals surface area contributed by atoms with Gasteiger partial charge in [0.1, 0.15) is 4.21 Å². The van der Waals surface area contributed by atoms with Crippen molar-refractivity contribution in [2.24, 2.45) is 0 Å². The van der Waals surface area contributed by atoms with Crippen LogP contribution >= 0.6 is 11.3 Å². The summed E-state index contributed by atoms with van der Waals surface area (Å²) in [6.07, 6.45) is 3.37. The molecule has 0 aliphatic heterocycles. The van der Waals surface area contributed by atoms with E-state index in [4.69, 9.17) is 0 Å². The lowest BCUT2D eigenvalue weighted by Gasteiger charge is -2.24.